The van der Waals surface area contributed by atoms with Gasteiger partial charge in [0.25, 0.3) is 5.91 Å². The molecule has 4 atom stereocenters. The minimum absolute atomic E-state index is 0.0274. The molecule has 1 aromatic rings. The molecule has 3 rings (SSSR count). The fourth-order valence-electron chi connectivity index (χ4n) is 3.82. The van der Waals surface area contributed by atoms with Crippen LogP contribution in [-0.2, 0) is 20.7 Å². The second-order valence-electron chi connectivity index (χ2n) is 6.57. The van der Waals surface area contributed by atoms with Gasteiger partial charge in [0, 0.05) is 6.04 Å². The summed E-state index contributed by atoms with van der Waals surface area (Å²) in [5, 5.41) is 9.04. The zero-order chi connectivity index (χ0) is 17.4. The number of methoxy groups -OCH3 is 1. The maximum absolute atomic E-state index is 12.9. The highest BCUT2D eigenvalue weighted by molar-refractivity contribution is 5.83. The van der Waals surface area contributed by atoms with Crippen LogP contribution in [0.2, 0.25) is 0 Å². The Bertz CT molecular complexity index is 659. The zero-order valence-corrected chi connectivity index (χ0v) is 14.2. The summed E-state index contributed by atoms with van der Waals surface area (Å²) in [5.41, 5.74) is 2.30. The molecule has 0 bridgehead atoms. The van der Waals surface area contributed by atoms with Crippen molar-refractivity contribution in [2.24, 2.45) is 0 Å². The Labute approximate surface area is 141 Å². The highest BCUT2D eigenvalue weighted by atomic mass is 16.5. The van der Waals surface area contributed by atoms with Crippen LogP contribution in [-0.4, -0.2) is 47.2 Å². The molecule has 2 aliphatic heterocycles. The summed E-state index contributed by atoms with van der Waals surface area (Å²) in [6.07, 6.45) is 0.0661. The van der Waals surface area contributed by atoms with Crippen LogP contribution >= 0.6 is 0 Å². The fourth-order valence-corrected chi connectivity index (χ4v) is 3.82. The van der Waals surface area contributed by atoms with Crippen molar-refractivity contribution in [3.05, 3.63) is 29.3 Å². The van der Waals surface area contributed by atoms with Gasteiger partial charge in [0.1, 0.15) is 11.9 Å². The molecule has 1 fully saturated rings. The maximum atomic E-state index is 12.9. The van der Waals surface area contributed by atoms with Crippen molar-refractivity contribution in [3.63, 3.8) is 0 Å². The smallest absolute Gasteiger partial charge is 0.332 e. The molecule has 6 heteroatoms. The molecule has 2 aliphatic rings. The molecule has 1 saturated heterocycles. The topological polar surface area (TPSA) is 76.1 Å². The van der Waals surface area contributed by atoms with Gasteiger partial charge in [0.05, 0.1) is 13.2 Å². The molecule has 0 spiro atoms. The SMILES string of the molecule is COc1ccc2c(c1)CC(C)N(C(=O)[C@@H]1CC[C@H](C(=O)O)O1)C2C. The van der Waals surface area contributed by atoms with Crippen molar-refractivity contribution in [2.45, 2.75) is 57.4 Å². The van der Waals surface area contributed by atoms with Crippen molar-refractivity contribution in [3.8, 4) is 5.75 Å². The Morgan fingerprint density at radius 3 is 2.58 bits per heavy atom. The average molecular weight is 333 g/mol. The number of ether oxygens (including phenoxy) is 2. The highest BCUT2D eigenvalue weighted by Crippen LogP contribution is 2.36. The zero-order valence-electron chi connectivity index (χ0n) is 14.2. The number of amides is 1. The number of benzene rings is 1. The van der Waals surface area contributed by atoms with Crippen molar-refractivity contribution >= 4 is 11.9 Å². The van der Waals surface area contributed by atoms with Crippen LogP contribution in [0, 0.1) is 0 Å². The number of fused-ring (bicyclic) bond motifs is 1. The number of carboxylic acid groups (broad SMARTS) is 1. The number of nitrogens with zero attached hydrogens (tertiary/aromatic N) is 1. The number of carbonyl (C=O) groups is 2. The fraction of sp³-hybridized carbons (Fsp3) is 0.556. The van der Waals surface area contributed by atoms with Gasteiger partial charge in [-0.15, -0.1) is 0 Å². The Hall–Kier alpha value is -2.08. The highest BCUT2D eigenvalue weighted by Gasteiger charge is 2.41. The average Bonchev–Trinajstić information content (AvgIpc) is 3.04. The van der Waals surface area contributed by atoms with Crippen molar-refractivity contribution in [1.82, 2.24) is 4.90 Å². The van der Waals surface area contributed by atoms with E-state index in [2.05, 4.69) is 0 Å². The number of rotatable bonds is 3. The van der Waals surface area contributed by atoms with E-state index in [4.69, 9.17) is 14.6 Å². The van der Waals surface area contributed by atoms with Crippen LogP contribution in [0.4, 0.5) is 0 Å². The molecular formula is C18H23NO5. The van der Waals surface area contributed by atoms with Crippen LogP contribution < -0.4 is 4.74 Å². The van der Waals surface area contributed by atoms with E-state index in [1.54, 1.807) is 7.11 Å². The summed E-state index contributed by atoms with van der Waals surface area (Å²) >= 11 is 0. The first-order chi connectivity index (χ1) is 11.4. The maximum Gasteiger partial charge on any atom is 0.332 e. The summed E-state index contributed by atoms with van der Waals surface area (Å²) < 4.78 is 10.7. The Morgan fingerprint density at radius 1 is 1.25 bits per heavy atom. The lowest BCUT2D eigenvalue weighted by Gasteiger charge is -2.41. The lowest BCUT2D eigenvalue weighted by molar-refractivity contribution is -0.157. The standard InChI is InChI=1S/C18H23NO5/c1-10-8-12-9-13(23-3)4-5-14(12)11(2)19(10)17(20)15-6-7-16(24-15)18(21)22/h4-5,9-11,15-16H,6-8H2,1-3H3,(H,21,22)/t10?,11?,15-,16+/m0/s1. The second kappa shape index (κ2) is 6.43. The van der Waals surface area contributed by atoms with E-state index in [1.165, 1.54) is 5.56 Å². The van der Waals surface area contributed by atoms with Crippen LogP contribution in [0.15, 0.2) is 18.2 Å². The largest absolute Gasteiger partial charge is 0.497 e. The Morgan fingerprint density at radius 2 is 1.96 bits per heavy atom. The summed E-state index contributed by atoms with van der Waals surface area (Å²) in [7, 11) is 1.64. The predicted octanol–water partition coefficient (Wildman–Crippen LogP) is 2.16. The lowest BCUT2D eigenvalue weighted by Crippen LogP contribution is -2.49. The first kappa shape index (κ1) is 16.8. The summed E-state index contributed by atoms with van der Waals surface area (Å²) in [6.45, 7) is 4.02. The number of carbonyl (C=O) groups excluding carboxylic acids is 1. The molecule has 0 aliphatic carbocycles. The van der Waals surface area contributed by atoms with E-state index in [9.17, 15) is 9.59 Å². The molecule has 2 heterocycles. The monoisotopic (exact) mass is 333 g/mol. The molecule has 0 radical (unpaired) electrons. The summed E-state index contributed by atoms with van der Waals surface area (Å²) in [4.78, 5) is 25.8. The molecule has 24 heavy (non-hydrogen) atoms. The van der Waals surface area contributed by atoms with E-state index in [0.717, 1.165) is 17.7 Å². The van der Waals surface area contributed by atoms with E-state index < -0.39 is 18.2 Å². The van der Waals surface area contributed by atoms with Crippen molar-refractivity contribution in [1.29, 1.82) is 0 Å². The van der Waals surface area contributed by atoms with Crippen molar-refractivity contribution < 1.29 is 24.2 Å². The van der Waals surface area contributed by atoms with Crippen LogP contribution in [0.5, 0.6) is 5.75 Å². The molecule has 130 valence electrons. The van der Waals surface area contributed by atoms with Gasteiger partial charge in [-0.05, 0) is 56.4 Å². The molecule has 0 aromatic heterocycles. The van der Waals surface area contributed by atoms with Gasteiger partial charge in [-0.1, -0.05) is 6.07 Å². The third-order valence-corrected chi connectivity index (χ3v) is 5.03. The third-order valence-electron chi connectivity index (χ3n) is 5.03. The van der Waals surface area contributed by atoms with Crippen LogP contribution in [0.1, 0.15) is 43.9 Å². The van der Waals surface area contributed by atoms with Gasteiger partial charge in [-0.2, -0.15) is 0 Å². The molecule has 1 aromatic carbocycles. The minimum atomic E-state index is -0.998. The van der Waals surface area contributed by atoms with E-state index >= 15 is 0 Å². The molecule has 2 unspecified atom stereocenters. The van der Waals surface area contributed by atoms with E-state index in [-0.39, 0.29) is 18.0 Å². The summed E-state index contributed by atoms with van der Waals surface area (Å²) in [6, 6.07) is 5.88. The lowest BCUT2D eigenvalue weighted by atomic mass is 9.88. The molecule has 6 nitrogen and oxygen atoms in total. The number of hydrogen-bond donors (Lipinski definition) is 1. The Kier molecular flexibility index (Phi) is 4.49. The van der Waals surface area contributed by atoms with Gasteiger partial charge in [-0.25, -0.2) is 4.79 Å². The third kappa shape index (κ3) is 2.86. The number of carboxylic acids is 1. The van der Waals surface area contributed by atoms with Gasteiger partial charge in [-0.3, -0.25) is 4.79 Å². The van der Waals surface area contributed by atoms with Crippen LogP contribution in [0.25, 0.3) is 0 Å². The Balaban J connectivity index is 1.81. The predicted molar refractivity (Wildman–Crippen MR) is 87.0 cm³/mol. The normalized spacial score (nSPS) is 29.2. The quantitative estimate of drug-likeness (QED) is 0.917. The minimum Gasteiger partial charge on any atom is -0.497 e. The first-order valence-corrected chi connectivity index (χ1v) is 8.29. The van der Waals surface area contributed by atoms with Gasteiger partial charge >= 0.3 is 5.97 Å². The van der Waals surface area contributed by atoms with Gasteiger partial charge in [0.2, 0.25) is 0 Å². The molecule has 1 amide bonds. The number of hydrogen-bond acceptors (Lipinski definition) is 4. The van der Waals surface area contributed by atoms with Crippen molar-refractivity contribution in [2.75, 3.05) is 7.11 Å². The molecule has 0 saturated carbocycles. The van der Waals surface area contributed by atoms with Gasteiger partial charge < -0.3 is 19.5 Å². The van der Waals surface area contributed by atoms with Gasteiger partial charge in [0.15, 0.2) is 6.10 Å². The van der Waals surface area contributed by atoms with Crippen LogP contribution in [0.3, 0.4) is 0 Å². The molecule has 1 N–H and O–H groups in total. The summed E-state index contributed by atoms with van der Waals surface area (Å²) in [5.74, 6) is -0.293. The number of aliphatic carboxylic acids is 1. The second-order valence-corrected chi connectivity index (χ2v) is 6.57. The van der Waals surface area contributed by atoms with E-state index in [0.29, 0.717) is 12.8 Å². The van der Waals surface area contributed by atoms with E-state index in [1.807, 2.05) is 36.9 Å². The first-order valence-electron chi connectivity index (χ1n) is 8.29. The molecular weight excluding hydrogens is 310 g/mol.